The summed E-state index contributed by atoms with van der Waals surface area (Å²) in [5, 5.41) is 2.89. The van der Waals surface area contributed by atoms with E-state index in [2.05, 4.69) is 5.32 Å². The molecule has 1 atom stereocenters. The average Bonchev–Trinajstić information content (AvgIpc) is 3.23. The fourth-order valence-electron chi connectivity index (χ4n) is 2.03. The lowest BCUT2D eigenvalue weighted by Crippen LogP contribution is -2.37. The van der Waals surface area contributed by atoms with Gasteiger partial charge in [-0.15, -0.1) is 0 Å². The van der Waals surface area contributed by atoms with Gasteiger partial charge in [0.2, 0.25) is 5.91 Å². The number of likely N-dealkylation sites (N-methyl/N-ethyl adjacent to an activating group) is 1. The molecule has 1 aromatic carbocycles. The molecule has 0 saturated heterocycles. The summed E-state index contributed by atoms with van der Waals surface area (Å²) in [4.78, 5) is 13.6. The monoisotopic (exact) mass is 282 g/mol. The van der Waals surface area contributed by atoms with Gasteiger partial charge in [-0.3, -0.25) is 9.69 Å². The number of amides is 1. The molecule has 0 bridgehead atoms. The van der Waals surface area contributed by atoms with Gasteiger partial charge in [0.15, 0.2) is 11.6 Å². The van der Waals surface area contributed by atoms with Gasteiger partial charge in [-0.25, -0.2) is 8.78 Å². The highest BCUT2D eigenvalue weighted by atomic mass is 19.2. The van der Waals surface area contributed by atoms with Crippen molar-refractivity contribution in [2.75, 3.05) is 20.1 Å². The average molecular weight is 282 g/mol. The number of nitrogens with zero attached hydrogens (tertiary/aromatic N) is 1. The third-order valence-corrected chi connectivity index (χ3v) is 3.77. The standard InChI is InChI=1S/C15H20F2N2O/c1-10(12-5-6-13(16)14(17)7-12)19(2)9-15(20)18-8-11-3-4-11/h5-7,10-11H,3-4,8-9H2,1-2H3,(H,18,20). The van der Waals surface area contributed by atoms with E-state index < -0.39 is 11.6 Å². The van der Waals surface area contributed by atoms with Crippen molar-refractivity contribution in [3.8, 4) is 0 Å². The van der Waals surface area contributed by atoms with E-state index in [1.54, 1.807) is 13.1 Å². The summed E-state index contributed by atoms with van der Waals surface area (Å²) in [7, 11) is 1.79. The first kappa shape index (κ1) is 14.9. The Bertz CT molecular complexity index is 489. The number of hydrogen-bond acceptors (Lipinski definition) is 2. The maximum atomic E-state index is 13.2. The molecule has 1 aliphatic rings. The SMILES string of the molecule is CC(c1ccc(F)c(F)c1)N(C)CC(=O)NCC1CC1. The van der Waals surface area contributed by atoms with Gasteiger partial charge >= 0.3 is 0 Å². The Kier molecular flexibility index (Phi) is 4.70. The van der Waals surface area contributed by atoms with Crippen molar-refractivity contribution in [2.45, 2.75) is 25.8 Å². The normalized spacial score (nSPS) is 16.2. The third-order valence-electron chi connectivity index (χ3n) is 3.77. The van der Waals surface area contributed by atoms with Crippen LogP contribution in [0.1, 0.15) is 31.4 Å². The van der Waals surface area contributed by atoms with E-state index in [0.29, 0.717) is 11.5 Å². The lowest BCUT2D eigenvalue weighted by molar-refractivity contribution is -0.122. The first-order chi connectivity index (χ1) is 9.47. The van der Waals surface area contributed by atoms with Crippen LogP contribution in [0, 0.1) is 17.6 Å². The van der Waals surface area contributed by atoms with Crippen molar-refractivity contribution in [1.29, 1.82) is 0 Å². The summed E-state index contributed by atoms with van der Waals surface area (Å²) in [6, 6.07) is 3.68. The molecule has 0 spiro atoms. The van der Waals surface area contributed by atoms with E-state index in [0.717, 1.165) is 12.6 Å². The van der Waals surface area contributed by atoms with Crippen LogP contribution in [-0.2, 0) is 4.79 Å². The quantitative estimate of drug-likeness (QED) is 0.869. The minimum Gasteiger partial charge on any atom is -0.355 e. The summed E-state index contributed by atoms with van der Waals surface area (Å²) in [5.41, 5.74) is 0.654. The van der Waals surface area contributed by atoms with Crippen LogP contribution >= 0.6 is 0 Å². The van der Waals surface area contributed by atoms with Crippen molar-refractivity contribution in [2.24, 2.45) is 5.92 Å². The van der Waals surface area contributed by atoms with Crippen LogP contribution in [0.25, 0.3) is 0 Å². The topological polar surface area (TPSA) is 32.3 Å². The largest absolute Gasteiger partial charge is 0.355 e. The third kappa shape index (κ3) is 4.00. The highest BCUT2D eigenvalue weighted by molar-refractivity contribution is 5.78. The van der Waals surface area contributed by atoms with Gasteiger partial charge < -0.3 is 5.32 Å². The van der Waals surface area contributed by atoms with Crippen LogP contribution in [0.3, 0.4) is 0 Å². The Morgan fingerprint density at radius 2 is 2.10 bits per heavy atom. The molecule has 1 aliphatic carbocycles. The first-order valence-corrected chi connectivity index (χ1v) is 6.89. The molecule has 1 unspecified atom stereocenters. The molecule has 3 nitrogen and oxygen atoms in total. The number of benzene rings is 1. The summed E-state index contributed by atoms with van der Waals surface area (Å²) < 4.78 is 26.1. The Hall–Kier alpha value is -1.49. The number of carbonyl (C=O) groups excluding carboxylic acids is 1. The zero-order valence-electron chi connectivity index (χ0n) is 11.8. The van der Waals surface area contributed by atoms with Crippen molar-refractivity contribution in [3.05, 3.63) is 35.4 Å². The van der Waals surface area contributed by atoms with Crippen molar-refractivity contribution in [3.63, 3.8) is 0 Å². The lowest BCUT2D eigenvalue weighted by Gasteiger charge is -2.24. The lowest BCUT2D eigenvalue weighted by atomic mass is 10.1. The van der Waals surface area contributed by atoms with Gasteiger partial charge in [0.25, 0.3) is 0 Å². The van der Waals surface area contributed by atoms with Crippen LogP contribution in [0.4, 0.5) is 8.78 Å². The molecule has 0 heterocycles. The fourth-order valence-corrected chi connectivity index (χ4v) is 2.03. The van der Waals surface area contributed by atoms with E-state index >= 15 is 0 Å². The fraction of sp³-hybridized carbons (Fsp3) is 0.533. The zero-order valence-corrected chi connectivity index (χ0v) is 11.8. The molecule has 110 valence electrons. The molecule has 5 heteroatoms. The molecular formula is C15H20F2N2O. The molecule has 0 radical (unpaired) electrons. The van der Waals surface area contributed by atoms with E-state index in [4.69, 9.17) is 0 Å². The molecule has 20 heavy (non-hydrogen) atoms. The van der Waals surface area contributed by atoms with Gasteiger partial charge in [-0.05, 0) is 50.4 Å². The molecule has 2 rings (SSSR count). The molecule has 1 aromatic rings. The van der Waals surface area contributed by atoms with Gasteiger partial charge in [-0.1, -0.05) is 6.07 Å². The zero-order chi connectivity index (χ0) is 14.7. The van der Waals surface area contributed by atoms with Crippen molar-refractivity contribution >= 4 is 5.91 Å². The van der Waals surface area contributed by atoms with Gasteiger partial charge in [0.05, 0.1) is 6.54 Å². The van der Waals surface area contributed by atoms with Gasteiger partial charge in [-0.2, -0.15) is 0 Å². The van der Waals surface area contributed by atoms with Crippen LogP contribution in [-0.4, -0.2) is 30.9 Å². The Morgan fingerprint density at radius 3 is 2.70 bits per heavy atom. The number of halogens is 2. The predicted molar refractivity (Wildman–Crippen MR) is 73.1 cm³/mol. The number of hydrogen-bond donors (Lipinski definition) is 1. The number of rotatable bonds is 6. The molecule has 0 aromatic heterocycles. The van der Waals surface area contributed by atoms with Crippen LogP contribution in [0.15, 0.2) is 18.2 Å². The van der Waals surface area contributed by atoms with Crippen LogP contribution < -0.4 is 5.32 Å². The maximum absolute atomic E-state index is 13.2. The van der Waals surface area contributed by atoms with Gasteiger partial charge in [0, 0.05) is 12.6 Å². The molecule has 1 N–H and O–H groups in total. The van der Waals surface area contributed by atoms with Crippen LogP contribution in [0.2, 0.25) is 0 Å². The predicted octanol–water partition coefficient (Wildman–Crippen LogP) is 2.48. The van der Waals surface area contributed by atoms with E-state index in [1.165, 1.54) is 18.9 Å². The Morgan fingerprint density at radius 1 is 1.40 bits per heavy atom. The molecule has 1 saturated carbocycles. The van der Waals surface area contributed by atoms with Crippen molar-refractivity contribution < 1.29 is 13.6 Å². The minimum atomic E-state index is -0.860. The van der Waals surface area contributed by atoms with E-state index in [1.807, 2.05) is 11.8 Å². The second-order valence-corrected chi connectivity index (χ2v) is 5.51. The summed E-state index contributed by atoms with van der Waals surface area (Å²) in [5.74, 6) is -1.10. The maximum Gasteiger partial charge on any atom is 0.234 e. The Labute approximate surface area is 118 Å². The molecule has 1 fully saturated rings. The smallest absolute Gasteiger partial charge is 0.234 e. The first-order valence-electron chi connectivity index (χ1n) is 6.89. The molecule has 0 aliphatic heterocycles. The second-order valence-electron chi connectivity index (χ2n) is 5.51. The van der Waals surface area contributed by atoms with Crippen LogP contribution in [0.5, 0.6) is 0 Å². The number of carbonyl (C=O) groups is 1. The van der Waals surface area contributed by atoms with E-state index in [9.17, 15) is 13.6 Å². The van der Waals surface area contributed by atoms with Crippen molar-refractivity contribution in [1.82, 2.24) is 10.2 Å². The molecular weight excluding hydrogens is 262 g/mol. The van der Waals surface area contributed by atoms with E-state index in [-0.39, 0.29) is 18.5 Å². The summed E-state index contributed by atoms with van der Waals surface area (Å²) >= 11 is 0. The Balaban J connectivity index is 1.87. The highest BCUT2D eigenvalue weighted by Gasteiger charge is 2.22. The van der Waals surface area contributed by atoms with Gasteiger partial charge in [0.1, 0.15) is 0 Å². The minimum absolute atomic E-state index is 0.0335. The highest BCUT2D eigenvalue weighted by Crippen LogP contribution is 2.27. The summed E-state index contributed by atoms with van der Waals surface area (Å²) in [6.45, 7) is 2.85. The molecule has 1 amide bonds. The number of nitrogens with one attached hydrogen (secondary N) is 1. The second kappa shape index (κ2) is 6.31. The summed E-state index contributed by atoms with van der Waals surface area (Å²) in [6.07, 6.45) is 2.39.